The number of thioether (sulfide) groups is 1. The number of hydrogen-bond donors (Lipinski definition) is 2. The molecule has 0 saturated carbocycles. The number of nitrogens with one attached hydrogen (secondary N) is 1. The molecule has 0 spiro atoms. The molecule has 0 bridgehead atoms. The normalized spacial score (nSPS) is 14.0. The molecule has 1 aromatic heterocycles. The Kier molecular flexibility index (Phi) is 6.65. The molecule has 1 aliphatic heterocycles. The van der Waals surface area contributed by atoms with E-state index in [4.69, 9.17) is 5.73 Å². The summed E-state index contributed by atoms with van der Waals surface area (Å²) in [5.74, 6) is 0.387. The first-order chi connectivity index (χ1) is 12.6. The van der Waals surface area contributed by atoms with Crippen molar-refractivity contribution in [3.63, 3.8) is 0 Å². The molecule has 0 atom stereocenters. The summed E-state index contributed by atoms with van der Waals surface area (Å²) in [6, 6.07) is 10.4. The highest BCUT2D eigenvalue weighted by molar-refractivity contribution is 7.99. The first-order valence-corrected chi connectivity index (χ1v) is 10.5. The molecule has 1 aliphatic rings. The van der Waals surface area contributed by atoms with Crippen molar-refractivity contribution in [1.29, 1.82) is 0 Å². The molecular weight excluding hydrogens is 368 g/mol. The molecule has 26 heavy (non-hydrogen) atoms. The van der Waals surface area contributed by atoms with Crippen LogP contribution < -0.4 is 11.1 Å². The molecule has 8 heteroatoms. The van der Waals surface area contributed by atoms with Crippen LogP contribution in [0.3, 0.4) is 0 Å². The molecule has 6 nitrogen and oxygen atoms in total. The number of carbonyl (C=O) groups excluding carboxylic acids is 2. The third-order valence-corrected chi connectivity index (χ3v) is 6.00. The zero-order valence-electron chi connectivity index (χ0n) is 14.4. The van der Waals surface area contributed by atoms with Gasteiger partial charge in [0.25, 0.3) is 0 Å². The number of nitrogens with zero attached hydrogens (tertiary/aromatic N) is 2. The monoisotopic (exact) mass is 390 g/mol. The van der Waals surface area contributed by atoms with Crippen molar-refractivity contribution >= 4 is 40.0 Å². The Hall–Kier alpha value is -1.90. The van der Waals surface area contributed by atoms with Crippen molar-refractivity contribution in [2.75, 3.05) is 23.4 Å². The fourth-order valence-electron chi connectivity index (χ4n) is 2.80. The zero-order chi connectivity index (χ0) is 18.4. The maximum absolute atomic E-state index is 12.0. The largest absolute Gasteiger partial charge is 0.369 e. The number of hydrogen-bond acceptors (Lipinski definition) is 6. The van der Waals surface area contributed by atoms with Crippen molar-refractivity contribution in [2.24, 2.45) is 5.73 Å². The van der Waals surface area contributed by atoms with Gasteiger partial charge in [0.2, 0.25) is 11.8 Å². The molecule has 0 unspecified atom stereocenters. The Balaban J connectivity index is 1.49. The number of carbonyl (C=O) groups is 2. The van der Waals surface area contributed by atoms with Crippen molar-refractivity contribution in [2.45, 2.75) is 25.9 Å². The van der Waals surface area contributed by atoms with Gasteiger partial charge in [0, 0.05) is 43.1 Å². The number of benzene rings is 1. The Morgan fingerprint density at radius 2 is 2.12 bits per heavy atom. The smallest absolute Gasteiger partial charge is 0.227 e. The predicted octanol–water partition coefficient (Wildman–Crippen LogP) is 2.25. The molecule has 0 fully saturated rings. The molecule has 2 aromatic rings. The van der Waals surface area contributed by atoms with Crippen LogP contribution in [0.25, 0.3) is 0 Å². The van der Waals surface area contributed by atoms with Gasteiger partial charge in [-0.1, -0.05) is 30.3 Å². The second-order valence-corrected chi connectivity index (χ2v) is 8.34. The summed E-state index contributed by atoms with van der Waals surface area (Å²) in [5.41, 5.74) is 7.48. The van der Waals surface area contributed by atoms with Crippen LogP contribution in [0.1, 0.15) is 22.6 Å². The average Bonchev–Trinajstić information content (AvgIpc) is 3.01. The Morgan fingerprint density at radius 1 is 1.31 bits per heavy atom. The van der Waals surface area contributed by atoms with Crippen LogP contribution in [0.2, 0.25) is 0 Å². The second-order valence-electron chi connectivity index (χ2n) is 6.15. The molecular formula is C18H22N4O2S2. The van der Waals surface area contributed by atoms with Gasteiger partial charge in [-0.25, -0.2) is 4.98 Å². The van der Waals surface area contributed by atoms with E-state index in [1.54, 1.807) is 11.3 Å². The van der Waals surface area contributed by atoms with E-state index in [-0.39, 0.29) is 17.6 Å². The van der Waals surface area contributed by atoms with E-state index < -0.39 is 0 Å². The Bertz CT molecular complexity index is 764. The predicted molar refractivity (Wildman–Crippen MR) is 106 cm³/mol. The molecule has 0 radical (unpaired) electrons. The number of anilines is 1. The average molecular weight is 391 g/mol. The van der Waals surface area contributed by atoms with Gasteiger partial charge in [-0.3, -0.25) is 14.5 Å². The van der Waals surface area contributed by atoms with Gasteiger partial charge in [-0.15, -0.1) is 11.3 Å². The fraction of sp³-hybridized carbons (Fsp3) is 0.389. The lowest BCUT2D eigenvalue weighted by Gasteiger charge is -2.25. The SMILES string of the molecule is NC(=O)CSCCC(=O)Nc1nc2c(s1)CN(Cc1ccccc1)CC2. The van der Waals surface area contributed by atoms with Crippen molar-refractivity contribution < 1.29 is 9.59 Å². The lowest BCUT2D eigenvalue weighted by molar-refractivity contribution is -0.116. The Labute approximate surface area is 161 Å². The van der Waals surface area contributed by atoms with Crippen LogP contribution in [-0.4, -0.2) is 39.7 Å². The van der Waals surface area contributed by atoms with Crippen molar-refractivity contribution in [3.05, 3.63) is 46.5 Å². The summed E-state index contributed by atoms with van der Waals surface area (Å²) >= 11 is 2.93. The number of thiazole rings is 1. The maximum atomic E-state index is 12.0. The zero-order valence-corrected chi connectivity index (χ0v) is 16.1. The quantitative estimate of drug-likeness (QED) is 0.675. The lowest BCUT2D eigenvalue weighted by Crippen LogP contribution is -2.29. The van der Waals surface area contributed by atoms with E-state index >= 15 is 0 Å². The van der Waals surface area contributed by atoms with Crippen LogP contribution in [0.4, 0.5) is 5.13 Å². The molecule has 3 N–H and O–H groups in total. The van der Waals surface area contributed by atoms with Crippen molar-refractivity contribution in [3.8, 4) is 0 Å². The van der Waals surface area contributed by atoms with Gasteiger partial charge in [0.15, 0.2) is 5.13 Å². The van der Waals surface area contributed by atoms with Gasteiger partial charge in [-0.05, 0) is 5.56 Å². The first-order valence-electron chi connectivity index (χ1n) is 8.51. The van der Waals surface area contributed by atoms with Crippen LogP contribution in [0.5, 0.6) is 0 Å². The van der Waals surface area contributed by atoms with Gasteiger partial charge in [-0.2, -0.15) is 11.8 Å². The lowest BCUT2D eigenvalue weighted by atomic mass is 10.1. The standard InChI is InChI=1S/C18H22N4O2S2/c19-16(23)12-25-9-7-17(24)21-18-20-14-6-8-22(11-15(14)26-18)10-13-4-2-1-3-5-13/h1-5H,6-12H2,(H2,19,23)(H,20,21,24). The number of nitrogens with two attached hydrogens (primary N) is 1. The summed E-state index contributed by atoms with van der Waals surface area (Å²) in [7, 11) is 0. The third kappa shape index (κ3) is 5.55. The van der Waals surface area contributed by atoms with E-state index in [1.165, 1.54) is 22.2 Å². The van der Waals surface area contributed by atoms with E-state index in [9.17, 15) is 9.59 Å². The Morgan fingerprint density at radius 3 is 2.88 bits per heavy atom. The highest BCUT2D eigenvalue weighted by atomic mass is 32.2. The molecule has 0 saturated heterocycles. The highest BCUT2D eigenvalue weighted by Gasteiger charge is 2.21. The molecule has 1 aromatic carbocycles. The number of amides is 2. The summed E-state index contributed by atoms with van der Waals surface area (Å²) in [6.07, 6.45) is 1.26. The number of rotatable bonds is 8. The van der Waals surface area contributed by atoms with Crippen LogP contribution >= 0.6 is 23.1 Å². The van der Waals surface area contributed by atoms with Crippen LogP contribution in [0, 0.1) is 0 Å². The van der Waals surface area contributed by atoms with Crippen LogP contribution in [0.15, 0.2) is 30.3 Å². The van der Waals surface area contributed by atoms with E-state index in [0.717, 1.165) is 31.7 Å². The maximum Gasteiger partial charge on any atom is 0.227 e. The number of primary amides is 1. The summed E-state index contributed by atoms with van der Waals surface area (Å²) < 4.78 is 0. The first kappa shape index (κ1) is 18.9. The minimum Gasteiger partial charge on any atom is -0.369 e. The summed E-state index contributed by atoms with van der Waals surface area (Å²) in [5, 5.41) is 3.54. The third-order valence-electron chi connectivity index (χ3n) is 4.02. The highest BCUT2D eigenvalue weighted by Crippen LogP contribution is 2.29. The van der Waals surface area contributed by atoms with Gasteiger partial charge in [0.05, 0.1) is 11.4 Å². The molecule has 138 valence electrons. The summed E-state index contributed by atoms with van der Waals surface area (Å²) in [4.78, 5) is 30.9. The fourth-order valence-corrected chi connectivity index (χ4v) is 4.54. The number of aromatic nitrogens is 1. The summed E-state index contributed by atoms with van der Waals surface area (Å²) in [6.45, 7) is 2.77. The van der Waals surface area contributed by atoms with Gasteiger partial charge < -0.3 is 11.1 Å². The van der Waals surface area contributed by atoms with Crippen LogP contribution in [-0.2, 0) is 29.1 Å². The van der Waals surface area contributed by atoms with E-state index in [2.05, 4.69) is 39.5 Å². The van der Waals surface area contributed by atoms with Crippen molar-refractivity contribution in [1.82, 2.24) is 9.88 Å². The van der Waals surface area contributed by atoms with Gasteiger partial charge in [0.1, 0.15) is 0 Å². The molecule has 0 aliphatic carbocycles. The minimum atomic E-state index is -0.358. The molecule has 3 rings (SSSR count). The van der Waals surface area contributed by atoms with E-state index in [0.29, 0.717) is 17.3 Å². The van der Waals surface area contributed by atoms with Gasteiger partial charge >= 0.3 is 0 Å². The molecule has 2 heterocycles. The molecule has 2 amide bonds. The van der Waals surface area contributed by atoms with E-state index in [1.807, 2.05) is 6.07 Å². The minimum absolute atomic E-state index is 0.0748. The second kappa shape index (κ2) is 9.16. The topological polar surface area (TPSA) is 88.3 Å². The number of fused-ring (bicyclic) bond motifs is 1.